The Labute approximate surface area is 157 Å². The lowest BCUT2D eigenvalue weighted by Gasteiger charge is -2.20. The van der Waals surface area contributed by atoms with Crippen LogP contribution in [0.3, 0.4) is 0 Å². The van der Waals surface area contributed by atoms with Crippen molar-refractivity contribution in [3.8, 4) is 5.88 Å². The van der Waals surface area contributed by atoms with Crippen molar-refractivity contribution in [3.63, 3.8) is 0 Å². The third-order valence-corrected chi connectivity index (χ3v) is 4.77. The number of hydrogen-bond donors (Lipinski definition) is 2. The number of carbonyl (C=O) groups is 2. The largest absolute Gasteiger partial charge is 0.467 e. The van der Waals surface area contributed by atoms with Gasteiger partial charge in [0.1, 0.15) is 12.1 Å². The maximum absolute atomic E-state index is 12.6. The van der Waals surface area contributed by atoms with E-state index in [-0.39, 0.29) is 30.1 Å². The molecule has 1 amide bonds. The number of ketones is 1. The predicted molar refractivity (Wildman–Crippen MR) is 97.9 cm³/mol. The molecule has 1 fully saturated rings. The monoisotopic (exact) mass is 372 g/mol. The van der Waals surface area contributed by atoms with Gasteiger partial charge in [0.25, 0.3) is 5.88 Å². The van der Waals surface area contributed by atoms with Crippen LogP contribution >= 0.6 is 0 Å². The van der Waals surface area contributed by atoms with E-state index in [4.69, 9.17) is 10.5 Å². The van der Waals surface area contributed by atoms with E-state index in [1.165, 1.54) is 12.3 Å². The third-order valence-electron chi connectivity index (χ3n) is 4.77. The zero-order chi connectivity index (χ0) is 19.1. The molecular weight excluding hydrogens is 348 g/mol. The van der Waals surface area contributed by atoms with E-state index >= 15 is 0 Å². The van der Waals surface area contributed by atoms with Gasteiger partial charge in [-0.2, -0.15) is 0 Å². The molecule has 3 N–H and O–H groups in total. The zero-order valence-electron chi connectivity index (χ0n) is 15.1. The number of amides is 1. The molecule has 1 saturated carbocycles. The molecule has 0 bridgehead atoms. The van der Waals surface area contributed by atoms with Crippen LogP contribution in [0.2, 0.25) is 0 Å². The van der Waals surface area contributed by atoms with Gasteiger partial charge >= 0.3 is 0 Å². The van der Waals surface area contributed by atoms with Crippen LogP contribution < -0.4 is 15.8 Å². The van der Waals surface area contributed by atoms with Crippen LogP contribution in [0.5, 0.6) is 5.88 Å². The zero-order valence-corrected chi connectivity index (χ0v) is 15.1. The molecule has 1 aliphatic rings. The molecule has 2 heterocycles. The molecule has 8 nitrogen and oxygen atoms in total. The Kier molecular flexibility index (Phi) is 6.40. The fraction of sp³-hybridized carbons (Fsp3) is 0.474. The number of rotatable bonds is 9. The molecular formula is C19H24N4O4. The van der Waals surface area contributed by atoms with Gasteiger partial charge < -0.3 is 20.3 Å². The molecule has 0 aromatic carbocycles. The molecule has 0 spiro atoms. The molecule has 0 radical (unpaired) electrons. The maximum atomic E-state index is 12.6. The molecule has 2 aromatic heterocycles. The molecule has 1 aliphatic carbocycles. The van der Waals surface area contributed by atoms with Crippen molar-refractivity contribution in [1.29, 1.82) is 0 Å². The molecule has 2 aromatic rings. The van der Waals surface area contributed by atoms with Gasteiger partial charge in [-0.15, -0.1) is 0 Å². The summed E-state index contributed by atoms with van der Waals surface area (Å²) in [5.74, 6) is 0.409. The standard InChI is InChI=1S/C19H24N4O4/c20-17-11-13(7-9-21-17)5-6-15(22-19(25)14-3-1-2-4-14)16(24)12-26-18-8-10-27-23-18/h7-11,14-15H,1-6,12H2,(H2,20,21)(H,22,25). The van der Waals surface area contributed by atoms with Gasteiger partial charge in [-0.05, 0) is 48.5 Å². The number of nitrogens with one attached hydrogen (secondary N) is 1. The number of hydrogen-bond acceptors (Lipinski definition) is 7. The summed E-state index contributed by atoms with van der Waals surface area (Å²) in [5, 5.41) is 6.53. The fourth-order valence-electron chi connectivity index (χ4n) is 3.27. The number of nitrogen functional groups attached to an aromatic ring is 1. The van der Waals surface area contributed by atoms with Gasteiger partial charge in [0, 0.05) is 18.2 Å². The number of anilines is 1. The van der Waals surface area contributed by atoms with Crippen molar-refractivity contribution in [3.05, 3.63) is 36.2 Å². The second-order valence-corrected chi connectivity index (χ2v) is 6.76. The summed E-state index contributed by atoms with van der Waals surface area (Å²) in [6, 6.07) is 4.52. The van der Waals surface area contributed by atoms with Crippen LogP contribution in [0.1, 0.15) is 37.7 Å². The highest BCUT2D eigenvalue weighted by atomic mass is 16.5. The van der Waals surface area contributed by atoms with Crippen LogP contribution in [0.4, 0.5) is 5.82 Å². The van der Waals surface area contributed by atoms with Crippen LogP contribution in [-0.2, 0) is 16.0 Å². The number of pyridine rings is 1. The van der Waals surface area contributed by atoms with Gasteiger partial charge in [-0.25, -0.2) is 4.98 Å². The number of ether oxygens (including phenoxy) is 1. The first-order chi connectivity index (χ1) is 13.1. The highest BCUT2D eigenvalue weighted by molar-refractivity contribution is 5.90. The second-order valence-electron chi connectivity index (χ2n) is 6.76. The van der Waals surface area contributed by atoms with Gasteiger partial charge in [-0.1, -0.05) is 12.8 Å². The molecule has 8 heteroatoms. The maximum Gasteiger partial charge on any atom is 0.254 e. The molecule has 27 heavy (non-hydrogen) atoms. The van der Waals surface area contributed by atoms with Crippen molar-refractivity contribution in [2.75, 3.05) is 12.3 Å². The minimum Gasteiger partial charge on any atom is -0.467 e. The Balaban J connectivity index is 1.61. The number of Topliss-reactive ketones (excluding diaryl/α,β-unsaturated/α-hetero) is 1. The first-order valence-electron chi connectivity index (χ1n) is 9.18. The normalized spacial score (nSPS) is 15.4. The number of aromatic nitrogens is 2. The van der Waals surface area contributed by atoms with Gasteiger partial charge in [-0.3, -0.25) is 9.59 Å². The Morgan fingerprint density at radius 2 is 2.15 bits per heavy atom. The summed E-state index contributed by atoms with van der Waals surface area (Å²) in [5.41, 5.74) is 6.67. The van der Waals surface area contributed by atoms with Crippen LogP contribution in [0, 0.1) is 5.92 Å². The van der Waals surface area contributed by atoms with Crippen molar-refractivity contribution in [1.82, 2.24) is 15.5 Å². The lowest BCUT2D eigenvalue weighted by Crippen LogP contribution is -2.45. The Hall–Kier alpha value is -2.90. The SMILES string of the molecule is Nc1cc(CCC(NC(=O)C2CCCC2)C(=O)COc2ccon2)ccn1. The van der Waals surface area contributed by atoms with Gasteiger partial charge in [0.05, 0.1) is 6.04 Å². The van der Waals surface area contributed by atoms with Crippen molar-refractivity contribution >= 4 is 17.5 Å². The highest BCUT2D eigenvalue weighted by Gasteiger charge is 2.27. The van der Waals surface area contributed by atoms with Gasteiger partial charge in [0.15, 0.2) is 12.4 Å². The summed E-state index contributed by atoms with van der Waals surface area (Å²) in [7, 11) is 0. The summed E-state index contributed by atoms with van der Waals surface area (Å²) in [6.45, 7) is -0.180. The van der Waals surface area contributed by atoms with E-state index in [1.54, 1.807) is 12.3 Å². The third kappa shape index (κ3) is 5.54. The second kappa shape index (κ2) is 9.16. The Bertz CT molecular complexity index is 757. The highest BCUT2D eigenvalue weighted by Crippen LogP contribution is 2.25. The summed E-state index contributed by atoms with van der Waals surface area (Å²) >= 11 is 0. The van der Waals surface area contributed by atoms with E-state index < -0.39 is 6.04 Å². The summed E-state index contributed by atoms with van der Waals surface area (Å²) < 4.78 is 10.0. The van der Waals surface area contributed by atoms with Crippen molar-refractivity contribution in [2.45, 2.75) is 44.6 Å². The number of nitrogens with zero attached hydrogens (tertiary/aromatic N) is 2. The molecule has 144 valence electrons. The lowest BCUT2D eigenvalue weighted by molar-refractivity contribution is -0.131. The minimum atomic E-state index is -0.626. The van der Waals surface area contributed by atoms with E-state index in [2.05, 4.69) is 20.0 Å². The number of nitrogens with two attached hydrogens (primary N) is 1. The Morgan fingerprint density at radius 3 is 2.85 bits per heavy atom. The molecule has 0 saturated heterocycles. The molecule has 0 aliphatic heterocycles. The van der Waals surface area contributed by atoms with Crippen LogP contribution in [0.25, 0.3) is 0 Å². The summed E-state index contributed by atoms with van der Waals surface area (Å²) in [6.07, 6.45) is 7.93. The lowest BCUT2D eigenvalue weighted by atomic mass is 10.0. The van der Waals surface area contributed by atoms with Crippen molar-refractivity contribution in [2.24, 2.45) is 5.92 Å². The predicted octanol–water partition coefficient (Wildman–Crippen LogP) is 1.91. The number of carbonyl (C=O) groups excluding carboxylic acids is 2. The van der Waals surface area contributed by atoms with E-state index in [0.717, 1.165) is 31.2 Å². The minimum absolute atomic E-state index is 0.00618. The molecule has 1 atom stereocenters. The Morgan fingerprint density at radius 1 is 1.33 bits per heavy atom. The quantitative estimate of drug-likeness (QED) is 0.690. The summed E-state index contributed by atoms with van der Waals surface area (Å²) in [4.78, 5) is 29.1. The van der Waals surface area contributed by atoms with Gasteiger partial charge in [0.2, 0.25) is 5.91 Å². The molecule has 1 unspecified atom stereocenters. The van der Waals surface area contributed by atoms with Crippen LogP contribution in [0.15, 0.2) is 35.2 Å². The first-order valence-corrected chi connectivity index (χ1v) is 9.18. The topological polar surface area (TPSA) is 120 Å². The van der Waals surface area contributed by atoms with E-state index in [0.29, 0.717) is 18.7 Å². The smallest absolute Gasteiger partial charge is 0.254 e. The fourth-order valence-corrected chi connectivity index (χ4v) is 3.27. The molecule has 3 rings (SSSR count). The van der Waals surface area contributed by atoms with Crippen LogP contribution in [-0.4, -0.2) is 34.5 Å². The number of aryl methyl sites for hydroxylation is 1. The van der Waals surface area contributed by atoms with Crippen molar-refractivity contribution < 1.29 is 18.8 Å². The average Bonchev–Trinajstić information content (AvgIpc) is 3.37. The average molecular weight is 372 g/mol. The van der Waals surface area contributed by atoms with E-state index in [1.807, 2.05) is 6.07 Å². The van der Waals surface area contributed by atoms with E-state index in [9.17, 15) is 9.59 Å². The first kappa shape index (κ1) is 18.9.